The summed E-state index contributed by atoms with van der Waals surface area (Å²) in [6.45, 7) is 17.1. The number of hydrogen-bond donors (Lipinski definition) is 0. The van der Waals surface area contributed by atoms with E-state index in [1.165, 1.54) is 6.42 Å². The van der Waals surface area contributed by atoms with Crippen LogP contribution in [-0.4, -0.2) is 11.6 Å². The SMILES string of the molecule is CC(C)(C)CCCCCC(=O)OOC(C)(C)CC(C)(C)C. The molecular formula is C18H36O3. The molecule has 0 unspecified atom stereocenters. The van der Waals surface area contributed by atoms with E-state index >= 15 is 0 Å². The molecule has 126 valence electrons. The quantitative estimate of drug-likeness (QED) is 0.329. The highest BCUT2D eigenvalue weighted by Crippen LogP contribution is 2.29. The monoisotopic (exact) mass is 300 g/mol. The van der Waals surface area contributed by atoms with Crippen molar-refractivity contribution < 1.29 is 14.6 Å². The van der Waals surface area contributed by atoms with Crippen molar-refractivity contribution in [3.63, 3.8) is 0 Å². The van der Waals surface area contributed by atoms with Crippen molar-refractivity contribution in [2.24, 2.45) is 10.8 Å². The molecule has 0 saturated carbocycles. The second kappa shape index (κ2) is 8.17. The minimum Gasteiger partial charge on any atom is -0.298 e. The number of carbonyl (C=O) groups is 1. The molecule has 0 rings (SSSR count). The minimum atomic E-state index is -0.444. The van der Waals surface area contributed by atoms with Crippen molar-refractivity contribution in [2.75, 3.05) is 0 Å². The molecule has 0 aliphatic rings. The van der Waals surface area contributed by atoms with Gasteiger partial charge in [-0.2, -0.15) is 4.89 Å². The molecule has 0 N–H and O–H groups in total. The normalized spacial score (nSPS) is 13.3. The number of rotatable bonds is 8. The molecule has 0 aromatic rings. The second-order valence-corrected chi connectivity index (χ2v) is 9.16. The molecule has 3 nitrogen and oxygen atoms in total. The molecule has 0 amide bonds. The summed E-state index contributed by atoms with van der Waals surface area (Å²) < 4.78 is 0. The predicted octanol–water partition coefficient (Wildman–Crippen LogP) is 5.67. The molecule has 21 heavy (non-hydrogen) atoms. The number of unbranched alkanes of at least 4 members (excludes halogenated alkanes) is 2. The third-order valence-electron chi connectivity index (χ3n) is 3.12. The molecule has 0 heterocycles. The molecule has 0 spiro atoms. The zero-order valence-corrected chi connectivity index (χ0v) is 15.5. The topological polar surface area (TPSA) is 35.5 Å². The molecule has 0 radical (unpaired) electrons. The maximum atomic E-state index is 11.7. The summed E-state index contributed by atoms with van der Waals surface area (Å²) in [5, 5.41) is 0. The van der Waals surface area contributed by atoms with Gasteiger partial charge in [-0.25, -0.2) is 4.79 Å². The van der Waals surface area contributed by atoms with Gasteiger partial charge in [-0.1, -0.05) is 54.4 Å². The van der Waals surface area contributed by atoms with E-state index < -0.39 is 5.60 Å². The molecule has 0 bridgehead atoms. The van der Waals surface area contributed by atoms with E-state index in [-0.39, 0.29) is 11.4 Å². The van der Waals surface area contributed by atoms with Crippen molar-refractivity contribution in [3.05, 3.63) is 0 Å². The van der Waals surface area contributed by atoms with Gasteiger partial charge in [0.05, 0.1) is 0 Å². The Balaban J connectivity index is 3.81. The Morgan fingerprint density at radius 3 is 1.86 bits per heavy atom. The Morgan fingerprint density at radius 2 is 1.38 bits per heavy atom. The lowest BCUT2D eigenvalue weighted by Crippen LogP contribution is -2.31. The smallest absolute Gasteiger partial charge is 0.298 e. The first-order valence-electron chi connectivity index (χ1n) is 8.19. The summed E-state index contributed by atoms with van der Waals surface area (Å²) in [6.07, 6.45) is 5.56. The summed E-state index contributed by atoms with van der Waals surface area (Å²) in [5.41, 5.74) is 0.0730. The van der Waals surface area contributed by atoms with Gasteiger partial charge in [-0.15, -0.1) is 0 Å². The third-order valence-corrected chi connectivity index (χ3v) is 3.12. The maximum Gasteiger partial charge on any atom is 0.342 e. The Kier molecular flexibility index (Phi) is 7.94. The largest absolute Gasteiger partial charge is 0.342 e. The Bertz CT molecular complexity index is 305. The van der Waals surface area contributed by atoms with Crippen molar-refractivity contribution in [2.45, 2.75) is 99.5 Å². The van der Waals surface area contributed by atoms with E-state index in [4.69, 9.17) is 9.78 Å². The van der Waals surface area contributed by atoms with Crippen molar-refractivity contribution in [3.8, 4) is 0 Å². The lowest BCUT2D eigenvalue weighted by molar-refractivity contribution is -0.329. The third kappa shape index (κ3) is 14.1. The molecule has 0 aromatic heterocycles. The van der Waals surface area contributed by atoms with Gasteiger partial charge in [-0.05, 0) is 43.9 Å². The van der Waals surface area contributed by atoms with Crippen LogP contribution in [0.2, 0.25) is 0 Å². The van der Waals surface area contributed by atoms with Gasteiger partial charge in [0.1, 0.15) is 5.60 Å². The molecule has 0 aliphatic heterocycles. The first kappa shape index (κ1) is 20.4. The average Bonchev–Trinajstić information content (AvgIpc) is 2.21. The van der Waals surface area contributed by atoms with Gasteiger partial charge in [0, 0.05) is 6.42 Å². The van der Waals surface area contributed by atoms with Crippen molar-refractivity contribution in [1.29, 1.82) is 0 Å². The van der Waals surface area contributed by atoms with E-state index in [1.54, 1.807) is 0 Å². The maximum absolute atomic E-state index is 11.7. The Labute approximate surface area is 131 Å². The Hall–Kier alpha value is -0.570. The lowest BCUT2D eigenvalue weighted by Gasteiger charge is -2.30. The summed E-state index contributed by atoms with van der Waals surface area (Å²) in [7, 11) is 0. The first-order chi connectivity index (χ1) is 9.31. The summed E-state index contributed by atoms with van der Waals surface area (Å²) in [4.78, 5) is 22.0. The summed E-state index contributed by atoms with van der Waals surface area (Å²) >= 11 is 0. The van der Waals surface area contributed by atoms with Gasteiger partial charge in [0.2, 0.25) is 0 Å². The van der Waals surface area contributed by atoms with E-state index in [2.05, 4.69) is 41.5 Å². The fourth-order valence-electron chi connectivity index (χ4n) is 2.61. The van der Waals surface area contributed by atoms with Crippen LogP contribution in [-0.2, 0) is 14.6 Å². The lowest BCUT2D eigenvalue weighted by atomic mass is 9.84. The molecule has 0 aliphatic carbocycles. The molecule has 0 saturated heterocycles. The van der Waals surface area contributed by atoms with Crippen LogP contribution >= 0.6 is 0 Å². The molecular weight excluding hydrogens is 264 g/mol. The highest BCUT2D eigenvalue weighted by Gasteiger charge is 2.28. The zero-order valence-electron chi connectivity index (χ0n) is 15.5. The van der Waals surface area contributed by atoms with Crippen LogP contribution < -0.4 is 0 Å². The van der Waals surface area contributed by atoms with Gasteiger partial charge >= 0.3 is 5.97 Å². The fraction of sp³-hybridized carbons (Fsp3) is 0.944. The second-order valence-electron chi connectivity index (χ2n) is 9.16. The van der Waals surface area contributed by atoms with E-state index in [1.807, 2.05) is 13.8 Å². The van der Waals surface area contributed by atoms with Crippen LogP contribution in [0.5, 0.6) is 0 Å². The van der Waals surface area contributed by atoms with Crippen LogP contribution in [0.25, 0.3) is 0 Å². The average molecular weight is 300 g/mol. The highest BCUT2D eigenvalue weighted by molar-refractivity contribution is 5.68. The van der Waals surface area contributed by atoms with Crippen LogP contribution in [0, 0.1) is 10.8 Å². The summed E-state index contributed by atoms with van der Waals surface area (Å²) in [6, 6.07) is 0. The minimum absolute atomic E-state index is 0.142. The molecule has 0 fully saturated rings. The highest BCUT2D eigenvalue weighted by atomic mass is 17.2. The Morgan fingerprint density at radius 1 is 0.810 bits per heavy atom. The van der Waals surface area contributed by atoms with Crippen LogP contribution in [0.3, 0.4) is 0 Å². The van der Waals surface area contributed by atoms with E-state index in [0.717, 1.165) is 25.7 Å². The number of hydrogen-bond acceptors (Lipinski definition) is 3. The molecule has 3 heteroatoms. The van der Waals surface area contributed by atoms with Crippen LogP contribution in [0.4, 0.5) is 0 Å². The fourth-order valence-corrected chi connectivity index (χ4v) is 2.61. The predicted molar refractivity (Wildman–Crippen MR) is 87.9 cm³/mol. The van der Waals surface area contributed by atoms with Gasteiger partial charge in [0.25, 0.3) is 0 Å². The standard InChI is InChI=1S/C18H36O3/c1-16(2,3)13-11-9-10-12-15(19)20-21-18(7,8)14-17(4,5)6/h9-14H2,1-8H3. The van der Waals surface area contributed by atoms with E-state index in [0.29, 0.717) is 11.8 Å². The van der Waals surface area contributed by atoms with Crippen molar-refractivity contribution in [1.82, 2.24) is 0 Å². The van der Waals surface area contributed by atoms with Gasteiger partial charge < -0.3 is 0 Å². The van der Waals surface area contributed by atoms with Crippen LogP contribution in [0.15, 0.2) is 0 Å². The van der Waals surface area contributed by atoms with Gasteiger partial charge in [0.15, 0.2) is 0 Å². The van der Waals surface area contributed by atoms with Gasteiger partial charge in [-0.3, -0.25) is 4.89 Å². The first-order valence-corrected chi connectivity index (χ1v) is 8.19. The summed E-state index contributed by atoms with van der Waals surface area (Å²) in [5.74, 6) is -0.257. The van der Waals surface area contributed by atoms with E-state index in [9.17, 15) is 4.79 Å². The molecule has 0 aromatic carbocycles. The van der Waals surface area contributed by atoms with Crippen molar-refractivity contribution >= 4 is 5.97 Å². The zero-order chi connectivity index (χ0) is 16.7. The number of carbonyl (C=O) groups excluding carboxylic acids is 1. The molecule has 0 atom stereocenters. The van der Waals surface area contributed by atoms with Crippen LogP contribution in [0.1, 0.15) is 93.9 Å².